The normalized spacial score (nSPS) is 13.6. The second-order valence-electron chi connectivity index (χ2n) is 2.81. The summed E-state index contributed by atoms with van der Waals surface area (Å²) in [6.45, 7) is 4.95. The lowest BCUT2D eigenvalue weighted by molar-refractivity contribution is 0.137. The number of hydrogen-bond donors (Lipinski definition) is 0. The fourth-order valence-electron chi connectivity index (χ4n) is 0.353. The predicted molar refractivity (Wildman–Crippen MR) is 37.8 cm³/mol. The van der Waals surface area contributed by atoms with Gasteiger partial charge in [0.15, 0.2) is 0 Å². The summed E-state index contributed by atoms with van der Waals surface area (Å²) in [5.41, 5.74) is -0.696. The molecule has 0 N–H and O–H groups in total. The molecule has 0 aliphatic rings. The molecule has 0 aromatic heterocycles. The van der Waals surface area contributed by atoms with E-state index < -0.39 is 15.9 Å². The van der Waals surface area contributed by atoms with Crippen molar-refractivity contribution in [2.24, 2.45) is 0 Å². The first-order valence-corrected chi connectivity index (χ1v) is 4.20. The molecule has 0 atom stereocenters. The molecule has 4 nitrogen and oxygen atoms in total. The molecule has 0 amide bonds. The Morgan fingerprint density at radius 2 is 1.70 bits per heavy atom. The van der Waals surface area contributed by atoms with Crippen LogP contribution in [0, 0.1) is 0 Å². The zero-order valence-corrected chi connectivity index (χ0v) is 7.40. The van der Waals surface area contributed by atoms with Gasteiger partial charge in [-0.05, 0) is 20.8 Å². The third-order valence-electron chi connectivity index (χ3n) is 0.579. The van der Waals surface area contributed by atoms with Crippen molar-refractivity contribution in [2.75, 3.05) is 7.05 Å². The maximum absolute atomic E-state index is 10.6. The van der Waals surface area contributed by atoms with E-state index in [1.807, 2.05) is 0 Å². The number of hydrogen-bond acceptors (Lipinski definition) is 3. The van der Waals surface area contributed by atoms with Crippen LogP contribution in [0.5, 0.6) is 0 Å². The van der Waals surface area contributed by atoms with E-state index in [9.17, 15) is 8.42 Å². The van der Waals surface area contributed by atoms with E-state index in [1.54, 1.807) is 20.8 Å². The Hall–Kier alpha value is -0.130. The van der Waals surface area contributed by atoms with Crippen LogP contribution in [-0.4, -0.2) is 21.1 Å². The molecule has 0 rings (SSSR count). The van der Waals surface area contributed by atoms with Gasteiger partial charge in [-0.3, -0.25) is 4.18 Å². The Morgan fingerprint density at radius 3 is 1.80 bits per heavy atom. The quantitative estimate of drug-likeness (QED) is 0.592. The minimum atomic E-state index is -3.65. The summed E-state index contributed by atoms with van der Waals surface area (Å²) in [6.07, 6.45) is 0. The summed E-state index contributed by atoms with van der Waals surface area (Å²) in [6, 6.07) is 0. The third kappa shape index (κ3) is 4.72. The van der Waals surface area contributed by atoms with Crippen molar-refractivity contribution in [2.45, 2.75) is 26.4 Å². The lowest BCUT2D eigenvalue weighted by Crippen LogP contribution is -2.27. The highest BCUT2D eigenvalue weighted by molar-refractivity contribution is 7.84. The van der Waals surface area contributed by atoms with Gasteiger partial charge in [0, 0.05) is 7.05 Å². The van der Waals surface area contributed by atoms with Gasteiger partial charge in [0.25, 0.3) is 0 Å². The van der Waals surface area contributed by atoms with Crippen LogP contribution in [0.4, 0.5) is 0 Å². The van der Waals surface area contributed by atoms with Crippen LogP contribution in [0.1, 0.15) is 20.8 Å². The molecule has 0 aliphatic carbocycles. The van der Waals surface area contributed by atoms with E-state index >= 15 is 0 Å². The molecule has 0 aromatic rings. The van der Waals surface area contributed by atoms with E-state index in [-0.39, 0.29) is 0 Å². The van der Waals surface area contributed by atoms with Crippen LogP contribution < -0.4 is 4.72 Å². The van der Waals surface area contributed by atoms with Gasteiger partial charge in [0.1, 0.15) is 0 Å². The summed E-state index contributed by atoms with van der Waals surface area (Å²) in [5.74, 6) is 0. The zero-order valence-electron chi connectivity index (χ0n) is 6.58. The van der Waals surface area contributed by atoms with Gasteiger partial charge in [-0.15, -0.1) is 0 Å². The minimum Gasteiger partial charge on any atom is -0.251 e. The van der Waals surface area contributed by atoms with E-state index in [0.717, 1.165) is 0 Å². The lowest BCUT2D eigenvalue weighted by atomic mass is 10.2. The van der Waals surface area contributed by atoms with E-state index in [2.05, 4.69) is 8.91 Å². The van der Waals surface area contributed by atoms with Crippen molar-refractivity contribution in [3.05, 3.63) is 0 Å². The van der Waals surface area contributed by atoms with Crippen LogP contribution >= 0.6 is 0 Å². The molecule has 0 saturated heterocycles. The molecular weight excluding hydrogens is 154 g/mol. The highest BCUT2D eigenvalue weighted by atomic mass is 32.2. The monoisotopic (exact) mass is 166 g/mol. The highest BCUT2D eigenvalue weighted by Crippen LogP contribution is 2.09. The number of nitrogens with zero attached hydrogens (tertiary/aromatic N) is 1. The molecule has 0 aromatic carbocycles. The van der Waals surface area contributed by atoms with Crippen molar-refractivity contribution >= 4 is 10.3 Å². The molecule has 5 heteroatoms. The molecule has 0 spiro atoms. The van der Waals surface area contributed by atoms with Crippen LogP contribution in [-0.2, 0) is 14.5 Å². The minimum absolute atomic E-state index is 0.696. The van der Waals surface area contributed by atoms with Crippen LogP contribution in [0.15, 0.2) is 0 Å². The van der Waals surface area contributed by atoms with Crippen molar-refractivity contribution in [1.82, 2.24) is 4.72 Å². The summed E-state index contributed by atoms with van der Waals surface area (Å²) < 4.78 is 28.9. The van der Waals surface area contributed by atoms with Crippen molar-refractivity contribution < 1.29 is 12.6 Å². The van der Waals surface area contributed by atoms with E-state index in [4.69, 9.17) is 0 Å². The van der Waals surface area contributed by atoms with Gasteiger partial charge < -0.3 is 0 Å². The Bertz CT molecular complexity index is 189. The highest BCUT2D eigenvalue weighted by Gasteiger charge is 2.20. The van der Waals surface area contributed by atoms with Crippen LogP contribution in [0.2, 0.25) is 0 Å². The standard InChI is InChI=1S/C5H12NO3S/c1-5(2,3)9-10(7,8)6-4/h1-4H3. The molecular formula is C5H12NO3S. The second kappa shape index (κ2) is 2.86. The summed E-state index contributed by atoms with van der Waals surface area (Å²) in [7, 11) is -2.47. The van der Waals surface area contributed by atoms with Gasteiger partial charge in [-0.2, -0.15) is 8.42 Å². The Balaban J connectivity index is 4.18. The van der Waals surface area contributed by atoms with E-state index in [1.165, 1.54) is 7.05 Å². The van der Waals surface area contributed by atoms with E-state index in [0.29, 0.717) is 0 Å². The average Bonchev–Trinajstić information content (AvgIpc) is 1.60. The largest absolute Gasteiger partial charge is 0.352 e. The fraction of sp³-hybridized carbons (Fsp3) is 1.00. The zero-order chi connectivity index (χ0) is 8.41. The Morgan fingerprint density at radius 1 is 1.30 bits per heavy atom. The Kier molecular flexibility index (Phi) is 2.82. The maximum atomic E-state index is 10.6. The fourth-order valence-corrected chi connectivity index (χ4v) is 1.06. The summed E-state index contributed by atoms with van der Waals surface area (Å²) >= 11 is 0. The van der Waals surface area contributed by atoms with Gasteiger partial charge in [-0.25, -0.2) is 0 Å². The molecule has 1 radical (unpaired) electrons. The molecule has 61 valence electrons. The van der Waals surface area contributed by atoms with Gasteiger partial charge >= 0.3 is 10.3 Å². The third-order valence-corrected chi connectivity index (χ3v) is 1.74. The predicted octanol–water partition coefficient (Wildman–Crippen LogP) is 0.280. The summed E-state index contributed by atoms with van der Waals surface area (Å²) in [4.78, 5) is 0. The van der Waals surface area contributed by atoms with Gasteiger partial charge in [0.05, 0.1) is 5.60 Å². The number of rotatable bonds is 2. The van der Waals surface area contributed by atoms with Crippen molar-refractivity contribution in [3.63, 3.8) is 0 Å². The summed E-state index contributed by atoms with van der Waals surface area (Å²) in [5, 5.41) is 0. The van der Waals surface area contributed by atoms with Crippen LogP contribution in [0.25, 0.3) is 0 Å². The molecule has 0 heterocycles. The molecule has 0 bridgehead atoms. The smallest absolute Gasteiger partial charge is 0.251 e. The topological polar surface area (TPSA) is 57.5 Å². The van der Waals surface area contributed by atoms with Gasteiger partial charge in [0.2, 0.25) is 0 Å². The molecule has 0 aliphatic heterocycles. The first kappa shape index (κ1) is 9.87. The van der Waals surface area contributed by atoms with Gasteiger partial charge in [-0.1, -0.05) is 4.72 Å². The Labute approximate surface area is 61.8 Å². The van der Waals surface area contributed by atoms with Crippen molar-refractivity contribution in [1.29, 1.82) is 0 Å². The first-order valence-electron chi connectivity index (χ1n) is 2.83. The second-order valence-corrected chi connectivity index (χ2v) is 4.19. The molecule has 0 unspecified atom stereocenters. The lowest BCUT2D eigenvalue weighted by Gasteiger charge is -2.16. The maximum Gasteiger partial charge on any atom is 0.352 e. The van der Waals surface area contributed by atoms with Crippen LogP contribution in [0.3, 0.4) is 0 Å². The molecule has 10 heavy (non-hydrogen) atoms. The first-order chi connectivity index (χ1) is 4.27. The SMILES string of the molecule is C[N]S(=O)(=O)OC(C)(C)C. The van der Waals surface area contributed by atoms with Crippen molar-refractivity contribution in [3.8, 4) is 0 Å². The molecule has 0 saturated carbocycles. The average molecular weight is 166 g/mol. The molecule has 0 fully saturated rings.